The number of hydrogen-bond donors (Lipinski definition) is 0. The van der Waals surface area contributed by atoms with E-state index >= 15 is 0 Å². The Bertz CT molecular complexity index is 396. The first-order chi connectivity index (χ1) is 9.43. The first kappa shape index (κ1) is 17.6. The minimum Gasteiger partial charge on any atom is -0.382 e. The molecule has 0 aromatic heterocycles. The minimum absolute atomic E-state index is 0.141. The molecule has 0 N–H and O–H groups in total. The third-order valence-electron chi connectivity index (χ3n) is 3.42. The Kier molecular flexibility index (Phi) is 7.65. The van der Waals surface area contributed by atoms with Crippen molar-refractivity contribution >= 4 is 15.8 Å². The first-order valence-electron chi connectivity index (χ1n) is 6.97. The molecule has 1 unspecified atom stereocenters. The van der Waals surface area contributed by atoms with Gasteiger partial charge in [0.2, 0.25) is 10.0 Å². The summed E-state index contributed by atoms with van der Waals surface area (Å²) in [6, 6.07) is 0. The Morgan fingerprint density at radius 1 is 1.30 bits per heavy atom. The Morgan fingerprint density at radius 2 is 2.05 bits per heavy atom. The number of ketones is 1. The SMILES string of the molecule is COCCOCCC(=O)CC1CCCN(S(C)(=O)=O)C1. The predicted octanol–water partition coefficient (Wildman–Crippen LogP) is 0.670. The summed E-state index contributed by atoms with van der Waals surface area (Å²) in [5.74, 6) is 0.285. The zero-order valence-electron chi connectivity index (χ0n) is 12.3. The van der Waals surface area contributed by atoms with Gasteiger partial charge < -0.3 is 9.47 Å². The number of nitrogens with zero attached hydrogens (tertiary/aromatic N) is 1. The van der Waals surface area contributed by atoms with Crippen LogP contribution in [0.5, 0.6) is 0 Å². The van der Waals surface area contributed by atoms with Gasteiger partial charge in [-0.25, -0.2) is 12.7 Å². The van der Waals surface area contributed by atoms with E-state index in [1.807, 2.05) is 0 Å². The van der Waals surface area contributed by atoms with Crippen LogP contribution < -0.4 is 0 Å². The monoisotopic (exact) mass is 307 g/mol. The number of ether oxygens (including phenoxy) is 2. The largest absolute Gasteiger partial charge is 0.382 e. The molecule has 0 aliphatic carbocycles. The molecule has 0 bridgehead atoms. The molecule has 0 aromatic carbocycles. The van der Waals surface area contributed by atoms with Gasteiger partial charge in [0.15, 0.2) is 0 Å². The number of carbonyl (C=O) groups excluding carboxylic acids is 1. The molecule has 20 heavy (non-hydrogen) atoms. The summed E-state index contributed by atoms with van der Waals surface area (Å²) >= 11 is 0. The van der Waals surface area contributed by atoms with Gasteiger partial charge in [0.25, 0.3) is 0 Å². The van der Waals surface area contributed by atoms with Crippen LogP contribution in [0.4, 0.5) is 0 Å². The molecule has 1 heterocycles. The average Bonchev–Trinajstić information content (AvgIpc) is 2.38. The van der Waals surface area contributed by atoms with Crippen LogP contribution in [0.3, 0.4) is 0 Å². The van der Waals surface area contributed by atoms with Crippen LogP contribution in [0.25, 0.3) is 0 Å². The minimum atomic E-state index is -3.14. The van der Waals surface area contributed by atoms with E-state index in [0.717, 1.165) is 12.8 Å². The van der Waals surface area contributed by atoms with Crippen molar-refractivity contribution < 1.29 is 22.7 Å². The Balaban J connectivity index is 2.24. The number of sulfonamides is 1. The molecule has 0 radical (unpaired) electrons. The second-order valence-corrected chi connectivity index (χ2v) is 7.21. The molecule has 1 fully saturated rings. The van der Waals surface area contributed by atoms with Gasteiger partial charge in [0.1, 0.15) is 5.78 Å². The topological polar surface area (TPSA) is 72.9 Å². The molecule has 1 rings (SSSR count). The van der Waals surface area contributed by atoms with Crippen LogP contribution in [0.15, 0.2) is 0 Å². The fraction of sp³-hybridized carbons (Fsp3) is 0.923. The molecule has 1 atom stereocenters. The van der Waals surface area contributed by atoms with E-state index in [4.69, 9.17) is 9.47 Å². The Hall–Kier alpha value is -0.500. The standard InChI is InChI=1S/C13H25NO5S/c1-18-8-9-19-7-5-13(15)10-12-4-3-6-14(11-12)20(2,16)17/h12H,3-11H2,1-2H3. The summed E-state index contributed by atoms with van der Waals surface area (Å²) in [6.07, 6.45) is 3.80. The van der Waals surface area contributed by atoms with Crippen LogP contribution in [-0.4, -0.2) is 64.8 Å². The van der Waals surface area contributed by atoms with E-state index in [0.29, 0.717) is 45.8 Å². The Labute approximate surface area is 121 Å². The smallest absolute Gasteiger partial charge is 0.211 e. The molecule has 0 spiro atoms. The van der Waals surface area contributed by atoms with Gasteiger partial charge in [0, 0.05) is 33.0 Å². The van der Waals surface area contributed by atoms with Crippen LogP contribution in [0, 0.1) is 5.92 Å². The molecular weight excluding hydrogens is 282 g/mol. The number of rotatable bonds is 9. The predicted molar refractivity (Wildman–Crippen MR) is 76.1 cm³/mol. The fourth-order valence-electron chi connectivity index (χ4n) is 2.35. The van der Waals surface area contributed by atoms with Gasteiger partial charge in [-0.2, -0.15) is 0 Å². The highest BCUT2D eigenvalue weighted by Crippen LogP contribution is 2.22. The molecule has 6 nitrogen and oxygen atoms in total. The van der Waals surface area contributed by atoms with Crippen molar-refractivity contribution in [2.24, 2.45) is 5.92 Å². The van der Waals surface area contributed by atoms with E-state index in [1.54, 1.807) is 7.11 Å². The fourth-order valence-corrected chi connectivity index (χ4v) is 3.29. The molecular formula is C13H25NO5S. The van der Waals surface area contributed by atoms with Gasteiger partial charge in [0.05, 0.1) is 26.1 Å². The Morgan fingerprint density at radius 3 is 2.70 bits per heavy atom. The van der Waals surface area contributed by atoms with E-state index in [1.165, 1.54) is 10.6 Å². The molecule has 1 aliphatic rings. The lowest BCUT2D eigenvalue weighted by Gasteiger charge is -2.30. The number of piperidine rings is 1. The highest BCUT2D eigenvalue weighted by atomic mass is 32.2. The third kappa shape index (κ3) is 6.78. The van der Waals surface area contributed by atoms with Crippen molar-refractivity contribution in [1.29, 1.82) is 0 Å². The van der Waals surface area contributed by atoms with E-state index in [-0.39, 0.29) is 11.7 Å². The average molecular weight is 307 g/mol. The molecule has 7 heteroatoms. The number of carbonyl (C=O) groups is 1. The lowest BCUT2D eigenvalue weighted by Crippen LogP contribution is -2.39. The maximum absolute atomic E-state index is 11.8. The summed E-state index contributed by atoms with van der Waals surface area (Å²) in [7, 11) is -1.54. The maximum Gasteiger partial charge on any atom is 0.211 e. The van der Waals surface area contributed by atoms with Gasteiger partial charge >= 0.3 is 0 Å². The molecule has 118 valence electrons. The van der Waals surface area contributed by atoms with E-state index in [9.17, 15) is 13.2 Å². The van der Waals surface area contributed by atoms with E-state index < -0.39 is 10.0 Å². The molecule has 0 saturated carbocycles. The first-order valence-corrected chi connectivity index (χ1v) is 8.82. The lowest BCUT2D eigenvalue weighted by molar-refractivity contribution is -0.121. The van der Waals surface area contributed by atoms with Crippen molar-refractivity contribution in [2.45, 2.75) is 25.7 Å². The summed E-state index contributed by atoms with van der Waals surface area (Å²) in [6.45, 7) is 2.47. The third-order valence-corrected chi connectivity index (χ3v) is 4.69. The van der Waals surface area contributed by atoms with Crippen LogP contribution in [0.1, 0.15) is 25.7 Å². The van der Waals surface area contributed by atoms with E-state index in [2.05, 4.69) is 0 Å². The summed E-state index contributed by atoms with van der Waals surface area (Å²) in [5.41, 5.74) is 0. The van der Waals surface area contributed by atoms with Crippen molar-refractivity contribution in [3.05, 3.63) is 0 Å². The molecule has 0 amide bonds. The van der Waals surface area contributed by atoms with Gasteiger partial charge in [-0.15, -0.1) is 0 Å². The van der Waals surface area contributed by atoms with Crippen LogP contribution in [-0.2, 0) is 24.3 Å². The summed E-state index contributed by atoms with van der Waals surface area (Å²) < 4.78 is 34.6. The molecule has 1 aliphatic heterocycles. The number of methoxy groups -OCH3 is 1. The van der Waals surface area contributed by atoms with Crippen LogP contribution >= 0.6 is 0 Å². The number of Topliss-reactive ketones (excluding diaryl/α,β-unsaturated/α-hetero) is 1. The van der Waals surface area contributed by atoms with Crippen molar-refractivity contribution in [1.82, 2.24) is 4.31 Å². The van der Waals surface area contributed by atoms with Gasteiger partial charge in [-0.05, 0) is 18.8 Å². The van der Waals surface area contributed by atoms with Gasteiger partial charge in [-0.3, -0.25) is 4.79 Å². The summed E-state index contributed by atoms with van der Waals surface area (Å²) in [5, 5.41) is 0. The van der Waals surface area contributed by atoms with Crippen molar-refractivity contribution in [3.63, 3.8) is 0 Å². The molecule has 1 saturated heterocycles. The zero-order chi connectivity index (χ0) is 15.0. The second-order valence-electron chi connectivity index (χ2n) is 5.23. The van der Waals surface area contributed by atoms with Crippen LogP contribution in [0.2, 0.25) is 0 Å². The second kappa shape index (κ2) is 8.71. The van der Waals surface area contributed by atoms with Crippen molar-refractivity contribution in [2.75, 3.05) is 46.3 Å². The maximum atomic E-state index is 11.8. The van der Waals surface area contributed by atoms with Gasteiger partial charge in [-0.1, -0.05) is 0 Å². The quantitative estimate of drug-likeness (QED) is 0.585. The number of hydrogen-bond acceptors (Lipinski definition) is 5. The normalized spacial score (nSPS) is 21.0. The molecule has 0 aromatic rings. The zero-order valence-corrected chi connectivity index (χ0v) is 13.2. The van der Waals surface area contributed by atoms with Crippen molar-refractivity contribution in [3.8, 4) is 0 Å². The lowest BCUT2D eigenvalue weighted by atomic mass is 9.93. The summed E-state index contributed by atoms with van der Waals surface area (Å²) in [4.78, 5) is 11.8. The highest BCUT2D eigenvalue weighted by molar-refractivity contribution is 7.88. The highest BCUT2D eigenvalue weighted by Gasteiger charge is 2.26.